The van der Waals surface area contributed by atoms with Crippen LogP contribution in [0, 0.1) is 11.3 Å². The standard InChI is InChI=1S/C15H30N4O2/c1-15(2,13(20)16-3)11-19-14(17-4)18-8-5-9-21-10-12-6-7-12/h12H,5-11H2,1-4H3,(H,16,20)(H2,17,18,19). The molecule has 1 saturated carbocycles. The van der Waals surface area contributed by atoms with Crippen LogP contribution in [0.1, 0.15) is 33.1 Å². The highest BCUT2D eigenvalue weighted by Gasteiger charge is 2.26. The van der Waals surface area contributed by atoms with Crippen LogP contribution in [0.4, 0.5) is 0 Å². The van der Waals surface area contributed by atoms with Crippen molar-refractivity contribution in [1.82, 2.24) is 16.0 Å². The summed E-state index contributed by atoms with van der Waals surface area (Å²) in [4.78, 5) is 15.9. The number of carbonyl (C=O) groups is 1. The molecule has 122 valence electrons. The van der Waals surface area contributed by atoms with E-state index in [1.165, 1.54) is 12.8 Å². The Bertz CT molecular complexity index is 352. The highest BCUT2D eigenvalue weighted by atomic mass is 16.5. The van der Waals surface area contributed by atoms with Crippen molar-refractivity contribution in [3.63, 3.8) is 0 Å². The van der Waals surface area contributed by atoms with Crippen molar-refractivity contribution in [3.8, 4) is 0 Å². The van der Waals surface area contributed by atoms with E-state index in [4.69, 9.17) is 4.74 Å². The fourth-order valence-electron chi connectivity index (χ4n) is 1.86. The predicted molar refractivity (Wildman–Crippen MR) is 85.4 cm³/mol. The van der Waals surface area contributed by atoms with Crippen molar-refractivity contribution in [2.45, 2.75) is 33.1 Å². The molecule has 1 amide bonds. The van der Waals surface area contributed by atoms with Crippen molar-refractivity contribution in [3.05, 3.63) is 0 Å². The largest absolute Gasteiger partial charge is 0.381 e. The zero-order chi connectivity index (χ0) is 15.7. The van der Waals surface area contributed by atoms with Crippen molar-refractivity contribution >= 4 is 11.9 Å². The van der Waals surface area contributed by atoms with E-state index in [0.717, 1.165) is 32.1 Å². The molecule has 0 radical (unpaired) electrons. The number of hydrogen-bond acceptors (Lipinski definition) is 3. The van der Waals surface area contributed by atoms with Crippen LogP contribution in [0.2, 0.25) is 0 Å². The van der Waals surface area contributed by atoms with Gasteiger partial charge in [0.05, 0.1) is 5.41 Å². The maximum absolute atomic E-state index is 11.7. The number of aliphatic imine (C=N–C) groups is 1. The molecular weight excluding hydrogens is 268 g/mol. The first-order valence-electron chi connectivity index (χ1n) is 7.74. The minimum absolute atomic E-state index is 0.0129. The number of nitrogens with zero attached hydrogens (tertiary/aromatic N) is 1. The van der Waals surface area contributed by atoms with Gasteiger partial charge in [-0.15, -0.1) is 0 Å². The number of guanidine groups is 1. The van der Waals surface area contributed by atoms with E-state index >= 15 is 0 Å². The lowest BCUT2D eigenvalue weighted by Crippen LogP contribution is -2.47. The molecule has 3 N–H and O–H groups in total. The number of rotatable bonds is 9. The van der Waals surface area contributed by atoms with Crippen LogP contribution in [0.15, 0.2) is 4.99 Å². The summed E-state index contributed by atoms with van der Waals surface area (Å²) in [6, 6.07) is 0. The summed E-state index contributed by atoms with van der Waals surface area (Å²) >= 11 is 0. The summed E-state index contributed by atoms with van der Waals surface area (Å²) < 4.78 is 5.58. The Kier molecular flexibility index (Phi) is 7.50. The quantitative estimate of drug-likeness (QED) is 0.333. The lowest BCUT2D eigenvalue weighted by molar-refractivity contribution is -0.128. The third-order valence-electron chi connectivity index (χ3n) is 3.57. The molecule has 0 aromatic heterocycles. The SMILES string of the molecule is CN=C(NCCCOCC1CC1)NCC(C)(C)C(=O)NC. The average Bonchev–Trinajstić information content (AvgIpc) is 3.28. The van der Waals surface area contributed by atoms with Crippen molar-refractivity contribution in [2.24, 2.45) is 16.3 Å². The van der Waals surface area contributed by atoms with E-state index < -0.39 is 5.41 Å². The van der Waals surface area contributed by atoms with Crippen LogP contribution in [-0.4, -0.2) is 52.3 Å². The van der Waals surface area contributed by atoms with Crippen molar-refractivity contribution in [2.75, 3.05) is 40.4 Å². The van der Waals surface area contributed by atoms with Gasteiger partial charge in [-0.1, -0.05) is 0 Å². The second-order valence-electron chi connectivity index (χ2n) is 6.19. The predicted octanol–water partition coefficient (Wildman–Crippen LogP) is 0.740. The van der Waals surface area contributed by atoms with Gasteiger partial charge in [0.1, 0.15) is 0 Å². The third-order valence-corrected chi connectivity index (χ3v) is 3.57. The van der Waals surface area contributed by atoms with Gasteiger partial charge in [0.15, 0.2) is 5.96 Å². The molecule has 1 rings (SSSR count). The zero-order valence-electron chi connectivity index (χ0n) is 13.8. The van der Waals surface area contributed by atoms with Crippen LogP contribution in [0.3, 0.4) is 0 Å². The maximum Gasteiger partial charge on any atom is 0.227 e. The van der Waals surface area contributed by atoms with Crippen molar-refractivity contribution in [1.29, 1.82) is 0 Å². The van der Waals surface area contributed by atoms with Gasteiger partial charge in [-0.05, 0) is 39.0 Å². The Morgan fingerprint density at radius 3 is 2.62 bits per heavy atom. The van der Waals surface area contributed by atoms with Crippen molar-refractivity contribution < 1.29 is 9.53 Å². The van der Waals surface area contributed by atoms with Gasteiger partial charge in [-0.2, -0.15) is 0 Å². The van der Waals surface area contributed by atoms with Gasteiger partial charge in [0.25, 0.3) is 0 Å². The molecular formula is C15H30N4O2. The maximum atomic E-state index is 11.7. The second kappa shape index (κ2) is 8.87. The number of nitrogens with one attached hydrogen (secondary N) is 3. The van der Waals surface area contributed by atoms with Crippen LogP contribution in [-0.2, 0) is 9.53 Å². The van der Waals surface area contributed by atoms with Gasteiger partial charge in [0.2, 0.25) is 5.91 Å². The van der Waals surface area contributed by atoms with Crippen LogP contribution < -0.4 is 16.0 Å². The van der Waals surface area contributed by atoms with E-state index in [9.17, 15) is 4.79 Å². The zero-order valence-corrected chi connectivity index (χ0v) is 13.8. The molecule has 0 saturated heterocycles. The van der Waals surface area contributed by atoms with E-state index in [2.05, 4.69) is 20.9 Å². The van der Waals surface area contributed by atoms with E-state index in [-0.39, 0.29) is 5.91 Å². The normalized spacial score (nSPS) is 15.7. The smallest absolute Gasteiger partial charge is 0.227 e. The lowest BCUT2D eigenvalue weighted by Gasteiger charge is -2.24. The van der Waals surface area contributed by atoms with Gasteiger partial charge < -0.3 is 20.7 Å². The molecule has 0 bridgehead atoms. The number of hydrogen-bond donors (Lipinski definition) is 3. The van der Waals surface area contributed by atoms with Crippen LogP contribution in [0.5, 0.6) is 0 Å². The monoisotopic (exact) mass is 298 g/mol. The molecule has 1 fully saturated rings. The molecule has 0 aromatic rings. The molecule has 0 aromatic carbocycles. The van der Waals surface area contributed by atoms with E-state index in [1.54, 1.807) is 14.1 Å². The number of carbonyl (C=O) groups excluding carboxylic acids is 1. The average molecular weight is 298 g/mol. The Morgan fingerprint density at radius 2 is 2.05 bits per heavy atom. The minimum Gasteiger partial charge on any atom is -0.381 e. The Hall–Kier alpha value is -1.30. The summed E-state index contributed by atoms with van der Waals surface area (Å²) in [5, 5.41) is 9.08. The molecule has 6 nitrogen and oxygen atoms in total. The number of amides is 1. The van der Waals surface area contributed by atoms with E-state index in [1.807, 2.05) is 13.8 Å². The van der Waals surface area contributed by atoms with Gasteiger partial charge in [-0.25, -0.2) is 0 Å². The molecule has 0 spiro atoms. The topological polar surface area (TPSA) is 74.8 Å². The van der Waals surface area contributed by atoms with Crippen LogP contribution >= 0.6 is 0 Å². The first kappa shape index (κ1) is 17.8. The summed E-state index contributed by atoms with van der Waals surface area (Å²) in [6.45, 7) is 6.84. The van der Waals surface area contributed by atoms with Crippen LogP contribution in [0.25, 0.3) is 0 Å². The van der Waals surface area contributed by atoms with E-state index in [0.29, 0.717) is 12.5 Å². The minimum atomic E-state index is -0.472. The molecule has 6 heteroatoms. The fourth-order valence-corrected chi connectivity index (χ4v) is 1.86. The molecule has 21 heavy (non-hydrogen) atoms. The second-order valence-corrected chi connectivity index (χ2v) is 6.19. The third kappa shape index (κ3) is 7.32. The highest BCUT2D eigenvalue weighted by molar-refractivity contribution is 5.84. The first-order valence-corrected chi connectivity index (χ1v) is 7.74. The van der Waals surface area contributed by atoms with Gasteiger partial charge >= 0.3 is 0 Å². The number of ether oxygens (including phenoxy) is 1. The summed E-state index contributed by atoms with van der Waals surface area (Å²) in [5.74, 6) is 1.55. The Labute approximate surface area is 128 Å². The lowest BCUT2D eigenvalue weighted by atomic mass is 9.92. The highest BCUT2D eigenvalue weighted by Crippen LogP contribution is 2.28. The molecule has 0 heterocycles. The molecule has 1 aliphatic rings. The summed E-state index contributed by atoms with van der Waals surface area (Å²) in [6.07, 6.45) is 3.61. The summed E-state index contributed by atoms with van der Waals surface area (Å²) in [5.41, 5.74) is -0.472. The Balaban J connectivity index is 2.11. The molecule has 0 aliphatic heterocycles. The van der Waals surface area contributed by atoms with Gasteiger partial charge in [-0.3, -0.25) is 9.79 Å². The van der Waals surface area contributed by atoms with Gasteiger partial charge in [0, 0.05) is 40.4 Å². The first-order chi connectivity index (χ1) is 9.99. The summed E-state index contributed by atoms with van der Waals surface area (Å²) in [7, 11) is 3.38. The Morgan fingerprint density at radius 1 is 1.33 bits per heavy atom. The molecule has 0 atom stereocenters. The fraction of sp³-hybridized carbons (Fsp3) is 0.867. The molecule has 0 unspecified atom stereocenters. The molecule has 1 aliphatic carbocycles.